The van der Waals surface area contributed by atoms with Gasteiger partial charge in [-0.2, -0.15) is 0 Å². The number of aryl methyl sites for hydroxylation is 1. The normalized spacial score (nSPS) is 11.7. The third-order valence-electron chi connectivity index (χ3n) is 2.41. The fourth-order valence-electron chi connectivity index (χ4n) is 1.52. The Morgan fingerprint density at radius 2 is 2.00 bits per heavy atom. The number of benzene rings is 1. The first-order valence-corrected chi connectivity index (χ1v) is 7.60. The number of nitrogens with zero attached hydrogens (tertiary/aromatic N) is 1. The molecule has 0 saturated carbocycles. The van der Waals surface area contributed by atoms with Crippen molar-refractivity contribution in [2.75, 3.05) is 0 Å². The quantitative estimate of drug-likeness (QED) is 0.919. The van der Waals surface area contributed by atoms with E-state index in [1.807, 2.05) is 0 Å². The Kier molecular flexibility index (Phi) is 4.24. The van der Waals surface area contributed by atoms with E-state index in [1.54, 1.807) is 31.2 Å². The van der Waals surface area contributed by atoms with Gasteiger partial charge in [-0.25, -0.2) is 18.1 Å². The Labute approximate surface area is 116 Å². The summed E-state index contributed by atoms with van der Waals surface area (Å²) in [6.45, 7) is 1.82. The summed E-state index contributed by atoms with van der Waals surface area (Å²) in [5.74, 6) is 0.410. The van der Waals surface area contributed by atoms with Crippen LogP contribution in [-0.2, 0) is 22.3 Å². The lowest BCUT2D eigenvalue weighted by molar-refractivity contribution is 0.520. The van der Waals surface area contributed by atoms with Crippen LogP contribution in [0.4, 0.5) is 0 Å². The maximum Gasteiger partial charge on any atom is 0.216 e. The van der Waals surface area contributed by atoms with Crippen molar-refractivity contribution < 1.29 is 12.8 Å². The molecule has 0 unspecified atom stereocenters. The van der Waals surface area contributed by atoms with Gasteiger partial charge in [0.05, 0.1) is 18.0 Å². The van der Waals surface area contributed by atoms with Gasteiger partial charge in [0.1, 0.15) is 6.26 Å². The van der Waals surface area contributed by atoms with Crippen molar-refractivity contribution >= 4 is 21.6 Å². The molecule has 0 bridgehead atoms. The molecule has 7 heteroatoms. The molecule has 0 aliphatic rings. The molecule has 1 aromatic carbocycles. The zero-order chi connectivity index (χ0) is 13.9. The van der Waals surface area contributed by atoms with Crippen LogP contribution in [0.3, 0.4) is 0 Å². The summed E-state index contributed by atoms with van der Waals surface area (Å²) in [4.78, 5) is 4.02. The van der Waals surface area contributed by atoms with Crippen LogP contribution in [-0.4, -0.2) is 13.4 Å². The van der Waals surface area contributed by atoms with Crippen molar-refractivity contribution in [3.05, 3.63) is 52.7 Å². The molecule has 2 aromatic rings. The number of nitrogens with one attached hydrogen (secondary N) is 1. The van der Waals surface area contributed by atoms with Gasteiger partial charge in [-0.3, -0.25) is 0 Å². The van der Waals surface area contributed by atoms with E-state index in [0.717, 1.165) is 0 Å². The van der Waals surface area contributed by atoms with E-state index >= 15 is 0 Å². The highest BCUT2D eigenvalue weighted by molar-refractivity contribution is 7.88. The highest BCUT2D eigenvalue weighted by atomic mass is 35.5. The number of oxazole rings is 1. The van der Waals surface area contributed by atoms with E-state index in [1.165, 1.54) is 6.26 Å². The molecule has 102 valence electrons. The third-order valence-corrected chi connectivity index (χ3v) is 3.96. The van der Waals surface area contributed by atoms with Crippen LogP contribution in [0.2, 0.25) is 5.02 Å². The smallest absolute Gasteiger partial charge is 0.216 e. The molecule has 0 atom stereocenters. The molecule has 0 aliphatic heterocycles. The van der Waals surface area contributed by atoms with E-state index in [0.29, 0.717) is 22.2 Å². The average molecular weight is 301 g/mol. The van der Waals surface area contributed by atoms with Gasteiger partial charge >= 0.3 is 0 Å². The molecule has 1 N–H and O–H groups in total. The minimum absolute atomic E-state index is 0.0962. The van der Waals surface area contributed by atoms with Crippen molar-refractivity contribution in [3.8, 4) is 0 Å². The Morgan fingerprint density at radius 3 is 2.58 bits per heavy atom. The predicted octanol–water partition coefficient (Wildman–Crippen LogP) is 2.26. The van der Waals surface area contributed by atoms with Crippen LogP contribution >= 0.6 is 11.6 Å². The standard InChI is InChI=1S/C12H13ClN2O3S/c1-9-15-12(7-18-9)6-14-19(16,17)8-10-2-4-11(13)5-3-10/h2-5,7,14H,6,8H2,1H3. The fourth-order valence-corrected chi connectivity index (χ4v) is 2.75. The van der Waals surface area contributed by atoms with Crippen LogP contribution in [0, 0.1) is 6.92 Å². The molecule has 0 radical (unpaired) electrons. The Hall–Kier alpha value is -1.37. The number of rotatable bonds is 5. The summed E-state index contributed by atoms with van der Waals surface area (Å²) < 4.78 is 31.2. The minimum atomic E-state index is -3.41. The summed E-state index contributed by atoms with van der Waals surface area (Å²) in [7, 11) is -3.41. The largest absolute Gasteiger partial charge is 0.449 e. The maximum atomic E-state index is 11.9. The monoisotopic (exact) mass is 300 g/mol. The van der Waals surface area contributed by atoms with Crippen LogP contribution < -0.4 is 4.72 Å². The van der Waals surface area contributed by atoms with Gasteiger partial charge in [0.2, 0.25) is 10.0 Å². The van der Waals surface area contributed by atoms with Crippen molar-refractivity contribution in [2.24, 2.45) is 0 Å². The molecule has 2 rings (SSSR count). The average Bonchev–Trinajstić information content (AvgIpc) is 2.76. The lowest BCUT2D eigenvalue weighted by Gasteiger charge is -2.05. The predicted molar refractivity (Wildman–Crippen MR) is 72.2 cm³/mol. The maximum absolute atomic E-state index is 11.9. The molecule has 0 spiro atoms. The Bertz CT molecular complexity index is 650. The lowest BCUT2D eigenvalue weighted by Crippen LogP contribution is -2.24. The van der Waals surface area contributed by atoms with E-state index in [-0.39, 0.29) is 12.3 Å². The van der Waals surface area contributed by atoms with Gasteiger partial charge in [-0.05, 0) is 17.7 Å². The van der Waals surface area contributed by atoms with Crippen LogP contribution in [0.25, 0.3) is 0 Å². The molecule has 5 nitrogen and oxygen atoms in total. The molecule has 0 amide bonds. The fraction of sp³-hybridized carbons (Fsp3) is 0.250. The van der Waals surface area contributed by atoms with Crippen LogP contribution in [0.1, 0.15) is 17.1 Å². The van der Waals surface area contributed by atoms with Gasteiger partial charge < -0.3 is 4.42 Å². The minimum Gasteiger partial charge on any atom is -0.449 e. The molecular formula is C12H13ClN2O3S. The second-order valence-corrected chi connectivity index (χ2v) is 6.31. The molecule has 0 fully saturated rings. The Morgan fingerprint density at radius 1 is 1.32 bits per heavy atom. The van der Waals surface area contributed by atoms with E-state index in [9.17, 15) is 8.42 Å². The molecule has 1 aromatic heterocycles. The number of hydrogen-bond donors (Lipinski definition) is 1. The van der Waals surface area contributed by atoms with Crippen LogP contribution in [0.5, 0.6) is 0 Å². The van der Waals surface area contributed by atoms with Crippen molar-refractivity contribution in [1.82, 2.24) is 9.71 Å². The zero-order valence-electron chi connectivity index (χ0n) is 10.3. The second-order valence-electron chi connectivity index (χ2n) is 4.06. The summed E-state index contributed by atoms with van der Waals surface area (Å²) in [5, 5.41) is 0.576. The summed E-state index contributed by atoms with van der Waals surface area (Å²) in [6, 6.07) is 6.68. The first kappa shape index (κ1) is 14.0. The highest BCUT2D eigenvalue weighted by Crippen LogP contribution is 2.12. The molecule has 19 heavy (non-hydrogen) atoms. The van der Waals surface area contributed by atoms with Crippen molar-refractivity contribution in [2.45, 2.75) is 19.2 Å². The number of sulfonamides is 1. The molecular weight excluding hydrogens is 288 g/mol. The Balaban J connectivity index is 1.97. The lowest BCUT2D eigenvalue weighted by atomic mass is 10.2. The van der Waals surface area contributed by atoms with Gasteiger partial charge in [-0.1, -0.05) is 23.7 Å². The first-order chi connectivity index (χ1) is 8.94. The van der Waals surface area contributed by atoms with Crippen molar-refractivity contribution in [3.63, 3.8) is 0 Å². The third kappa shape index (κ3) is 4.34. The summed E-state index contributed by atoms with van der Waals surface area (Å²) >= 11 is 5.74. The molecule has 1 heterocycles. The summed E-state index contributed by atoms with van der Waals surface area (Å²) in [6.07, 6.45) is 1.43. The number of aromatic nitrogens is 1. The van der Waals surface area contributed by atoms with Crippen molar-refractivity contribution in [1.29, 1.82) is 0 Å². The van der Waals surface area contributed by atoms with Crippen LogP contribution in [0.15, 0.2) is 34.9 Å². The second kappa shape index (κ2) is 5.73. The number of hydrogen-bond acceptors (Lipinski definition) is 4. The molecule has 0 saturated heterocycles. The zero-order valence-corrected chi connectivity index (χ0v) is 11.8. The number of halogens is 1. The SMILES string of the molecule is Cc1nc(CNS(=O)(=O)Cc2ccc(Cl)cc2)co1. The van der Waals surface area contributed by atoms with E-state index < -0.39 is 10.0 Å². The summed E-state index contributed by atoms with van der Waals surface area (Å²) in [5.41, 5.74) is 1.23. The van der Waals surface area contributed by atoms with Gasteiger partial charge in [0.15, 0.2) is 5.89 Å². The van der Waals surface area contributed by atoms with Gasteiger partial charge in [0.25, 0.3) is 0 Å². The topological polar surface area (TPSA) is 72.2 Å². The highest BCUT2D eigenvalue weighted by Gasteiger charge is 2.12. The first-order valence-electron chi connectivity index (χ1n) is 5.57. The molecule has 0 aliphatic carbocycles. The van der Waals surface area contributed by atoms with Gasteiger partial charge in [0, 0.05) is 11.9 Å². The van der Waals surface area contributed by atoms with Gasteiger partial charge in [-0.15, -0.1) is 0 Å². The van der Waals surface area contributed by atoms with E-state index in [2.05, 4.69) is 9.71 Å². The van der Waals surface area contributed by atoms with E-state index in [4.69, 9.17) is 16.0 Å².